The van der Waals surface area contributed by atoms with Crippen LogP contribution in [0.15, 0.2) is 42.5 Å². The molecule has 1 aliphatic heterocycles. The standard InChI is InChI=1S/C36H49N5O8/c1-23-12-25(33(46)31(14-23)35(48)38-29(19-42)20-43)16-40-9-3-4-10-41(18-28-7-5-6-27(37-28)8-11-40)17-26-13-24(2)15-32(34(26)47)36(49)39-30(21-44)22-45/h5-7,12-15,29-30,42-47H,3-4,8-11,16-22H2,1-2H3,(H,38,48)(H,39,49). The molecule has 8 N–H and O–H groups in total. The third-order valence-corrected chi connectivity index (χ3v) is 8.63. The Morgan fingerprint density at radius 1 is 0.714 bits per heavy atom. The van der Waals surface area contributed by atoms with E-state index in [1.807, 2.05) is 44.2 Å². The van der Waals surface area contributed by atoms with Gasteiger partial charge in [-0.25, -0.2) is 0 Å². The first-order valence-electron chi connectivity index (χ1n) is 16.6. The van der Waals surface area contributed by atoms with Crippen LogP contribution in [0.1, 0.15) is 67.2 Å². The van der Waals surface area contributed by atoms with Crippen molar-refractivity contribution < 1.29 is 40.2 Å². The highest BCUT2D eigenvalue weighted by Crippen LogP contribution is 2.28. The van der Waals surface area contributed by atoms with Crippen LogP contribution in [0.2, 0.25) is 0 Å². The van der Waals surface area contributed by atoms with Crippen molar-refractivity contribution in [1.29, 1.82) is 0 Å². The summed E-state index contributed by atoms with van der Waals surface area (Å²) in [6, 6.07) is 11.1. The number of carbonyl (C=O) groups is 2. The van der Waals surface area contributed by atoms with Gasteiger partial charge in [0.25, 0.3) is 11.8 Å². The molecule has 0 saturated heterocycles. The number of amides is 2. The van der Waals surface area contributed by atoms with Crippen LogP contribution >= 0.6 is 0 Å². The van der Waals surface area contributed by atoms with Crippen LogP contribution in [0.5, 0.6) is 11.5 Å². The van der Waals surface area contributed by atoms with Crippen molar-refractivity contribution >= 4 is 11.8 Å². The molecule has 266 valence electrons. The van der Waals surface area contributed by atoms with Crippen LogP contribution in [0.25, 0.3) is 0 Å². The molecule has 2 aromatic carbocycles. The summed E-state index contributed by atoms with van der Waals surface area (Å²) in [5, 5.41) is 65.0. The number of phenolic OH excluding ortho intramolecular Hbond substituents is 2. The summed E-state index contributed by atoms with van der Waals surface area (Å²) in [4.78, 5) is 35.1. The molecule has 2 bridgehead atoms. The molecule has 3 aromatic rings. The van der Waals surface area contributed by atoms with Crippen molar-refractivity contribution in [2.24, 2.45) is 0 Å². The van der Waals surface area contributed by atoms with Crippen molar-refractivity contribution in [2.45, 2.75) is 64.8 Å². The first-order chi connectivity index (χ1) is 23.5. The van der Waals surface area contributed by atoms with Crippen molar-refractivity contribution in [2.75, 3.05) is 46.1 Å². The average Bonchev–Trinajstić information content (AvgIpc) is 3.08. The second kappa shape index (κ2) is 18.0. The van der Waals surface area contributed by atoms with Gasteiger partial charge >= 0.3 is 0 Å². The van der Waals surface area contributed by atoms with Gasteiger partial charge in [-0.2, -0.15) is 0 Å². The fourth-order valence-corrected chi connectivity index (χ4v) is 6.01. The molecule has 0 spiro atoms. The number of aliphatic hydroxyl groups is 4. The summed E-state index contributed by atoms with van der Waals surface area (Å²) in [6.45, 7) is 5.36. The molecule has 0 atom stereocenters. The summed E-state index contributed by atoms with van der Waals surface area (Å²) in [6.07, 6.45) is 2.33. The summed E-state index contributed by atoms with van der Waals surface area (Å²) in [5.74, 6) is -1.43. The Kier molecular flexibility index (Phi) is 13.9. The number of aryl methyl sites for hydroxylation is 2. The van der Waals surface area contributed by atoms with Gasteiger partial charge in [0.05, 0.1) is 55.3 Å². The number of rotatable bonds is 12. The van der Waals surface area contributed by atoms with Gasteiger partial charge in [0.15, 0.2) is 0 Å². The number of aromatic nitrogens is 1. The highest BCUT2D eigenvalue weighted by atomic mass is 16.3. The molecular weight excluding hydrogens is 630 g/mol. The van der Waals surface area contributed by atoms with Crippen LogP contribution < -0.4 is 10.6 Å². The van der Waals surface area contributed by atoms with Gasteiger partial charge in [0.2, 0.25) is 0 Å². The Bertz CT molecular complexity index is 1580. The zero-order chi connectivity index (χ0) is 35.5. The van der Waals surface area contributed by atoms with Gasteiger partial charge < -0.3 is 41.3 Å². The molecule has 13 nitrogen and oxygen atoms in total. The number of aromatic hydroxyl groups is 2. The maximum Gasteiger partial charge on any atom is 0.255 e. The van der Waals surface area contributed by atoms with E-state index < -0.39 is 50.3 Å². The highest BCUT2D eigenvalue weighted by molar-refractivity contribution is 5.98. The Morgan fingerprint density at radius 2 is 1.18 bits per heavy atom. The molecule has 0 saturated carbocycles. The van der Waals surface area contributed by atoms with E-state index in [2.05, 4.69) is 20.4 Å². The lowest BCUT2D eigenvalue weighted by Gasteiger charge is -2.27. The van der Waals surface area contributed by atoms with Gasteiger partial charge in [-0.1, -0.05) is 18.2 Å². The molecule has 0 fully saturated rings. The van der Waals surface area contributed by atoms with Crippen LogP contribution in [-0.2, 0) is 26.1 Å². The lowest BCUT2D eigenvalue weighted by Crippen LogP contribution is -2.40. The molecule has 2 heterocycles. The van der Waals surface area contributed by atoms with Crippen molar-refractivity contribution in [3.05, 3.63) is 87.2 Å². The number of fused-ring (bicyclic) bond motifs is 2. The van der Waals surface area contributed by atoms with E-state index in [1.54, 1.807) is 12.1 Å². The molecule has 13 heteroatoms. The monoisotopic (exact) mass is 679 g/mol. The van der Waals surface area contributed by atoms with E-state index in [-0.39, 0.29) is 22.6 Å². The summed E-state index contributed by atoms with van der Waals surface area (Å²) < 4.78 is 0. The number of aliphatic hydroxyl groups excluding tert-OH is 4. The Labute approximate surface area is 286 Å². The van der Waals surface area contributed by atoms with Gasteiger partial charge in [0, 0.05) is 49.4 Å². The van der Waals surface area contributed by atoms with E-state index in [9.17, 15) is 40.2 Å². The first-order valence-corrected chi connectivity index (χ1v) is 16.6. The number of pyridine rings is 1. The number of phenols is 2. The predicted octanol–water partition coefficient (Wildman–Crippen LogP) is 1.12. The molecular formula is C36H49N5O8. The van der Waals surface area contributed by atoms with Gasteiger partial charge in [-0.15, -0.1) is 0 Å². The Hall–Kier alpha value is -4.11. The lowest BCUT2D eigenvalue weighted by molar-refractivity contribution is 0.0870. The minimum absolute atomic E-state index is 0.0775. The fourth-order valence-electron chi connectivity index (χ4n) is 6.01. The molecule has 1 aromatic heterocycles. The highest BCUT2D eigenvalue weighted by Gasteiger charge is 2.22. The molecule has 2 amide bonds. The molecule has 49 heavy (non-hydrogen) atoms. The summed E-state index contributed by atoms with van der Waals surface area (Å²) in [7, 11) is 0. The maximum absolute atomic E-state index is 12.9. The lowest BCUT2D eigenvalue weighted by atomic mass is 10.0. The molecule has 1 aliphatic rings. The van der Waals surface area contributed by atoms with Crippen molar-refractivity contribution in [3.8, 4) is 11.5 Å². The minimum Gasteiger partial charge on any atom is -0.507 e. The van der Waals surface area contributed by atoms with Crippen molar-refractivity contribution in [3.63, 3.8) is 0 Å². The van der Waals surface area contributed by atoms with Gasteiger partial charge in [-0.3, -0.25) is 24.4 Å². The fraction of sp³-hybridized carbons (Fsp3) is 0.472. The van der Waals surface area contributed by atoms with Crippen LogP contribution in [0, 0.1) is 13.8 Å². The molecule has 0 aliphatic carbocycles. The number of nitrogens with one attached hydrogen (secondary N) is 2. The predicted molar refractivity (Wildman–Crippen MR) is 183 cm³/mol. The van der Waals surface area contributed by atoms with Crippen LogP contribution in [0.3, 0.4) is 0 Å². The molecule has 4 rings (SSSR count). The van der Waals surface area contributed by atoms with Crippen molar-refractivity contribution in [1.82, 2.24) is 25.4 Å². The SMILES string of the molecule is Cc1cc(CN2CCCCN(Cc3cc(C)cc(C(=O)NC(CO)CO)c3O)Cc3cccc(n3)CC2)c(O)c(C(=O)NC(CO)CO)c1. The third kappa shape index (κ3) is 10.4. The molecule has 0 unspecified atom stereocenters. The first kappa shape index (κ1) is 37.7. The van der Waals surface area contributed by atoms with E-state index in [4.69, 9.17) is 4.98 Å². The van der Waals surface area contributed by atoms with Crippen LogP contribution in [-0.4, -0.2) is 115 Å². The topological polar surface area (TPSA) is 199 Å². The summed E-state index contributed by atoms with van der Waals surface area (Å²) in [5.41, 5.74) is 4.71. The van der Waals surface area contributed by atoms with E-state index in [0.717, 1.165) is 41.9 Å². The van der Waals surface area contributed by atoms with Gasteiger partial charge in [0.1, 0.15) is 11.5 Å². The van der Waals surface area contributed by atoms with Crippen LogP contribution in [0.4, 0.5) is 0 Å². The third-order valence-electron chi connectivity index (χ3n) is 8.63. The second-order valence-corrected chi connectivity index (χ2v) is 12.8. The second-order valence-electron chi connectivity index (χ2n) is 12.8. The number of nitrogens with zero attached hydrogens (tertiary/aromatic N) is 3. The summed E-state index contributed by atoms with van der Waals surface area (Å²) >= 11 is 0. The normalized spacial score (nSPS) is 14.8. The number of hydrogen-bond donors (Lipinski definition) is 8. The number of carbonyl (C=O) groups excluding carboxylic acids is 2. The zero-order valence-corrected chi connectivity index (χ0v) is 28.2. The zero-order valence-electron chi connectivity index (χ0n) is 28.2. The smallest absolute Gasteiger partial charge is 0.255 e. The minimum atomic E-state index is -0.836. The molecule has 0 radical (unpaired) electrons. The largest absolute Gasteiger partial charge is 0.507 e. The maximum atomic E-state index is 12.9. The average molecular weight is 680 g/mol. The van der Waals surface area contributed by atoms with E-state index >= 15 is 0 Å². The van der Waals surface area contributed by atoms with Gasteiger partial charge in [-0.05, 0) is 75.2 Å². The Morgan fingerprint density at radius 3 is 1.69 bits per heavy atom. The number of hydrogen-bond acceptors (Lipinski definition) is 11. The number of benzene rings is 2. The van der Waals surface area contributed by atoms with E-state index in [1.165, 1.54) is 0 Å². The Balaban J connectivity index is 1.52. The van der Waals surface area contributed by atoms with E-state index in [0.29, 0.717) is 50.3 Å². The quantitative estimate of drug-likeness (QED) is 0.137.